The molecule has 3 unspecified atom stereocenters. The highest BCUT2D eigenvalue weighted by molar-refractivity contribution is 9.10. The largest absolute Gasteiger partial charge is 0.378 e. The normalized spacial score (nSPS) is 30.7. The van der Waals surface area contributed by atoms with Gasteiger partial charge in [-0.25, -0.2) is 0 Å². The molecule has 2 aliphatic heterocycles. The van der Waals surface area contributed by atoms with Crippen molar-refractivity contribution in [1.82, 2.24) is 5.32 Å². The quantitative estimate of drug-likeness (QED) is 0.900. The van der Waals surface area contributed by atoms with Gasteiger partial charge in [0.15, 0.2) is 0 Å². The Morgan fingerprint density at radius 1 is 1.38 bits per heavy atom. The third-order valence-electron chi connectivity index (χ3n) is 4.96. The first-order chi connectivity index (χ1) is 10.1. The smallest absolute Gasteiger partial charge is 0.0940 e. The number of ether oxygens (including phenoxy) is 2. The van der Waals surface area contributed by atoms with Gasteiger partial charge in [0.25, 0.3) is 0 Å². The average Bonchev–Trinajstić information content (AvgIpc) is 2.91. The molecule has 3 atom stereocenters. The molecule has 0 amide bonds. The van der Waals surface area contributed by atoms with E-state index in [2.05, 4.69) is 53.4 Å². The van der Waals surface area contributed by atoms with Crippen LogP contribution in [0.1, 0.15) is 36.4 Å². The fourth-order valence-corrected chi connectivity index (χ4v) is 4.18. The second kappa shape index (κ2) is 6.37. The fourth-order valence-electron chi connectivity index (χ4n) is 3.81. The van der Waals surface area contributed by atoms with Gasteiger partial charge in [-0.05, 0) is 56.0 Å². The lowest BCUT2D eigenvalue weighted by Crippen LogP contribution is -2.43. The highest BCUT2D eigenvalue weighted by Crippen LogP contribution is 2.41. The summed E-state index contributed by atoms with van der Waals surface area (Å²) >= 11 is 3.61. The lowest BCUT2D eigenvalue weighted by atomic mass is 9.78. The van der Waals surface area contributed by atoms with E-state index in [1.165, 1.54) is 11.1 Å². The first kappa shape index (κ1) is 15.5. The Hall–Kier alpha value is -0.420. The van der Waals surface area contributed by atoms with E-state index in [9.17, 15) is 0 Å². The maximum atomic E-state index is 6.08. The summed E-state index contributed by atoms with van der Waals surface area (Å²) in [5.41, 5.74) is 2.71. The molecule has 3 nitrogen and oxygen atoms in total. The highest BCUT2D eigenvalue weighted by atomic mass is 79.9. The zero-order valence-electron chi connectivity index (χ0n) is 12.8. The van der Waals surface area contributed by atoms with Crippen LogP contribution in [0, 0.1) is 12.8 Å². The van der Waals surface area contributed by atoms with Crippen molar-refractivity contribution in [2.75, 3.05) is 26.9 Å². The minimum atomic E-state index is -0.0298. The first-order valence-electron chi connectivity index (χ1n) is 7.79. The number of hydrogen-bond acceptors (Lipinski definition) is 3. The van der Waals surface area contributed by atoms with E-state index >= 15 is 0 Å². The summed E-state index contributed by atoms with van der Waals surface area (Å²) in [4.78, 5) is 0. The van der Waals surface area contributed by atoms with Crippen molar-refractivity contribution in [3.8, 4) is 0 Å². The number of benzene rings is 1. The zero-order valence-corrected chi connectivity index (χ0v) is 14.4. The third-order valence-corrected chi connectivity index (χ3v) is 5.45. The lowest BCUT2D eigenvalue weighted by Gasteiger charge is -2.40. The van der Waals surface area contributed by atoms with Crippen LogP contribution in [0.3, 0.4) is 0 Å². The standard InChI is InChI=1S/C17H24BrNO2/c1-12-3-4-14(18)9-15(12)16(19-2)13-5-7-21-17(10-13)6-8-20-11-17/h3-4,9,13,16,19H,5-8,10-11H2,1-2H3. The summed E-state index contributed by atoms with van der Waals surface area (Å²) in [6.45, 7) is 4.64. The van der Waals surface area contributed by atoms with E-state index in [1.54, 1.807) is 0 Å². The summed E-state index contributed by atoms with van der Waals surface area (Å²) < 4.78 is 12.8. The second-order valence-corrected chi connectivity index (χ2v) is 7.27. The molecule has 0 radical (unpaired) electrons. The number of hydrogen-bond donors (Lipinski definition) is 1. The molecule has 2 heterocycles. The molecule has 2 saturated heterocycles. The Kier molecular flexibility index (Phi) is 4.69. The molecule has 1 N–H and O–H groups in total. The predicted molar refractivity (Wildman–Crippen MR) is 87.5 cm³/mol. The Bertz CT molecular complexity index is 500. The van der Waals surface area contributed by atoms with Crippen LogP contribution >= 0.6 is 15.9 Å². The van der Waals surface area contributed by atoms with Gasteiger partial charge in [-0.15, -0.1) is 0 Å². The van der Waals surface area contributed by atoms with Gasteiger partial charge in [-0.3, -0.25) is 0 Å². The van der Waals surface area contributed by atoms with Crippen LogP contribution in [0.5, 0.6) is 0 Å². The molecular weight excluding hydrogens is 330 g/mol. The summed E-state index contributed by atoms with van der Waals surface area (Å²) in [7, 11) is 2.07. The van der Waals surface area contributed by atoms with Crippen molar-refractivity contribution in [1.29, 1.82) is 0 Å². The van der Waals surface area contributed by atoms with Gasteiger partial charge in [-0.1, -0.05) is 22.0 Å². The van der Waals surface area contributed by atoms with E-state index < -0.39 is 0 Å². The predicted octanol–water partition coefficient (Wildman–Crippen LogP) is 3.60. The fraction of sp³-hybridized carbons (Fsp3) is 0.647. The monoisotopic (exact) mass is 353 g/mol. The summed E-state index contributed by atoms with van der Waals surface area (Å²) in [5.74, 6) is 0.596. The lowest BCUT2D eigenvalue weighted by molar-refractivity contribution is -0.103. The van der Waals surface area contributed by atoms with Gasteiger partial charge in [0.1, 0.15) is 0 Å². The van der Waals surface area contributed by atoms with Crippen LogP contribution in [-0.2, 0) is 9.47 Å². The molecule has 1 aromatic carbocycles. The summed E-state index contributed by atoms with van der Waals surface area (Å²) in [6.07, 6.45) is 3.24. The zero-order chi connectivity index (χ0) is 14.9. The van der Waals surface area contributed by atoms with Crippen molar-refractivity contribution in [2.45, 2.75) is 37.8 Å². The molecule has 3 rings (SSSR count). The van der Waals surface area contributed by atoms with Crippen molar-refractivity contribution in [2.24, 2.45) is 5.92 Å². The van der Waals surface area contributed by atoms with Crippen LogP contribution in [-0.4, -0.2) is 32.5 Å². The Morgan fingerprint density at radius 3 is 2.95 bits per heavy atom. The molecule has 0 aromatic heterocycles. The second-order valence-electron chi connectivity index (χ2n) is 6.35. The van der Waals surface area contributed by atoms with Gasteiger partial charge in [0.05, 0.1) is 12.2 Å². The SMILES string of the molecule is CNC(c1cc(Br)ccc1C)C1CCOC2(CCOC2)C1. The average molecular weight is 354 g/mol. The summed E-state index contributed by atoms with van der Waals surface area (Å²) in [5, 5.41) is 3.55. The van der Waals surface area contributed by atoms with E-state index in [0.29, 0.717) is 12.0 Å². The first-order valence-corrected chi connectivity index (χ1v) is 8.58. The molecule has 116 valence electrons. The Balaban J connectivity index is 1.84. The number of nitrogens with one attached hydrogen (secondary N) is 1. The highest BCUT2D eigenvalue weighted by Gasteiger charge is 2.43. The third kappa shape index (κ3) is 3.19. The maximum Gasteiger partial charge on any atom is 0.0940 e. The molecule has 1 spiro atoms. The maximum absolute atomic E-state index is 6.08. The van der Waals surface area contributed by atoms with Gasteiger partial charge < -0.3 is 14.8 Å². The van der Waals surface area contributed by atoms with Crippen LogP contribution in [0.15, 0.2) is 22.7 Å². The minimum Gasteiger partial charge on any atom is -0.378 e. The van der Waals surface area contributed by atoms with Crippen LogP contribution in [0.2, 0.25) is 0 Å². The van der Waals surface area contributed by atoms with Crippen molar-refractivity contribution in [3.05, 3.63) is 33.8 Å². The van der Waals surface area contributed by atoms with Gasteiger partial charge in [0, 0.05) is 30.1 Å². The molecule has 0 bridgehead atoms. The van der Waals surface area contributed by atoms with Gasteiger partial charge in [0.2, 0.25) is 0 Å². The summed E-state index contributed by atoms with van der Waals surface area (Å²) in [6, 6.07) is 6.94. The molecular formula is C17H24BrNO2. The number of halogens is 1. The van der Waals surface area contributed by atoms with E-state index in [0.717, 1.165) is 43.6 Å². The number of aryl methyl sites for hydroxylation is 1. The molecule has 21 heavy (non-hydrogen) atoms. The molecule has 1 aromatic rings. The van der Waals surface area contributed by atoms with Gasteiger partial charge >= 0.3 is 0 Å². The van der Waals surface area contributed by atoms with Crippen molar-refractivity contribution >= 4 is 15.9 Å². The van der Waals surface area contributed by atoms with Crippen LogP contribution in [0.4, 0.5) is 0 Å². The topological polar surface area (TPSA) is 30.5 Å². The van der Waals surface area contributed by atoms with Crippen LogP contribution < -0.4 is 5.32 Å². The van der Waals surface area contributed by atoms with E-state index in [4.69, 9.17) is 9.47 Å². The Labute approximate surface area is 135 Å². The molecule has 2 aliphatic rings. The van der Waals surface area contributed by atoms with Crippen LogP contribution in [0.25, 0.3) is 0 Å². The van der Waals surface area contributed by atoms with Gasteiger partial charge in [-0.2, -0.15) is 0 Å². The molecule has 0 aliphatic carbocycles. The van der Waals surface area contributed by atoms with Crippen molar-refractivity contribution < 1.29 is 9.47 Å². The molecule has 0 saturated carbocycles. The minimum absolute atomic E-state index is 0.0298. The van der Waals surface area contributed by atoms with E-state index in [-0.39, 0.29) is 5.60 Å². The molecule has 2 fully saturated rings. The van der Waals surface area contributed by atoms with E-state index in [1.807, 2.05) is 0 Å². The Morgan fingerprint density at radius 2 is 2.24 bits per heavy atom. The molecule has 4 heteroatoms. The van der Waals surface area contributed by atoms with Crippen molar-refractivity contribution in [3.63, 3.8) is 0 Å². The number of rotatable bonds is 3.